The summed E-state index contributed by atoms with van der Waals surface area (Å²) in [6, 6.07) is 0.828. The van der Waals surface area contributed by atoms with Crippen molar-refractivity contribution in [1.29, 1.82) is 0 Å². The molecule has 1 aromatic carbocycles. The first-order chi connectivity index (χ1) is 8.40. The fraction of sp³-hybridized carbons (Fsp3) is 0.417. The first-order valence-electron chi connectivity index (χ1n) is 5.40. The molecule has 1 rings (SSSR count). The number of aryl methyl sites for hydroxylation is 1. The lowest BCUT2D eigenvalue weighted by Crippen LogP contribution is -2.32. The van der Waals surface area contributed by atoms with E-state index in [9.17, 15) is 18.0 Å². The summed E-state index contributed by atoms with van der Waals surface area (Å²) < 4.78 is 44.9. The fourth-order valence-electron chi connectivity index (χ4n) is 1.44. The number of rotatable bonds is 4. The number of ether oxygens (including phenoxy) is 1. The summed E-state index contributed by atoms with van der Waals surface area (Å²) in [4.78, 5) is 11.1. The quantitative estimate of drug-likeness (QED) is 0.845. The van der Waals surface area contributed by atoms with Crippen LogP contribution in [0.4, 0.5) is 13.2 Å². The molecule has 1 unspecified atom stereocenters. The van der Waals surface area contributed by atoms with E-state index < -0.39 is 35.4 Å². The van der Waals surface area contributed by atoms with Crippen LogP contribution in [0.1, 0.15) is 24.1 Å². The molecule has 0 saturated carbocycles. The molecule has 3 nitrogen and oxygen atoms in total. The maximum absolute atomic E-state index is 13.6. The maximum atomic E-state index is 13.6. The van der Waals surface area contributed by atoms with Gasteiger partial charge in [0.2, 0.25) is 6.17 Å². The van der Waals surface area contributed by atoms with Gasteiger partial charge in [0.05, 0.1) is 12.6 Å². The summed E-state index contributed by atoms with van der Waals surface area (Å²) in [5.74, 6) is -3.53. The molecule has 2 atom stereocenters. The highest BCUT2D eigenvalue weighted by molar-refractivity contribution is 5.75. The Morgan fingerprint density at radius 3 is 2.56 bits per heavy atom. The van der Waals surface area contributed by atoms with E-state index in [2.05, 4.69) is 4.74 Å². The zero-order chi connectivity index (χ0) is 13.9. The number of hydrogen-bond donors (Lipinski definition) is 1. The molecule has 18 heavy (non-hydrogen) atoms. The second kappa shape index (κ2) is 5.86. The van der Waals surface area contributed by atoms with Crippen LogP contribution in [0.15, 0.2) is 12.1 Å². The molecule has 0 aliphatic rings. The largest absolute Gasteiger partial charge is 0.464 e. The number of carbonyl (C=O) groups is 1. The van der Waals surface area contributed by atoms with Gasteiger partial charge in [-0.25, -0.2) is 18.0 Å². The Bertz CT molecular complexity index is 451. The second-order valence-electron chi connectivity index (χ2n) is 3.78. The van der Waals surface area contributed by atoms with Crippen molar-refractivity contribution in [2.24, 2.45) is 5.73 Å². The molecular weight excluding hydrogens is 247 g/mol. The SMILES string of the molecule is CCOC(=O)C(F)[C@H](N)c1ccc(C)c(F)c1F. The van der Waals surface area contributed by atoms with Gasteiger partial charge in [-0.05, 0) is 19.4 Å². The first kappa shape index (κ1) is 14.5. The molecule has 2 N–H and O–H groups in total. The molecule has 0 bridgehead atoms. The lowest BCUT2D eigenvalue weighted by atomic mass is 10.0. The highest BCUT2D eigenvalue weighted by Crippen LogP contribution is 2.24. The van der Waals surface area contributed by atoms with Gasteiger partial charge < -0.3 is 10.5 Å². The van der Waals surface area contributed by atoms with Gasteiger partial charge in [0.1, 0.15) is 0 Å². The van der Waals surface area contributed by atoms with E-state index in [0.29, 0.717) is 0 Å². The van der Waals surface area contributed by atoms with Gasteiger partial charge in [0.25, 0.3) is 0 Å². The van der Waals surface area contributed by atoms with E-state index in [1.54, 1.807) is 0 Å². The molecule has 0 amide bonds. The van der Waals surface area contributed by atoms with Crippen molar-refractivity contribution < 1.29 is 22.7 Å². The summed E-state index contributed by atoms with van der Waals surface area (Å²) in [6.45, 7) is 2.85. The van der Waals surface area contributed by atoms with Crippen molar-refractivity contribution in [3.8, 4) is 0 Å². The smallest absolute Gasteiger partial charge is 0.342 e. The molecule has 0 aliphatic heterocycles. The Labute approximate surface area is 103 Å². The zero-order valence-corrected chi connectivity index (χ0v) is 10.0. The van der Waals surface area contributed by atoms with Crippen LogP contribution in [0.3, 0.4) is 0 Å². The minimum atomic E-state index is -2.23. The first-order valence-corrected chi connectivity index (χ1v) is 5.40. The third-order valence-corrected chi connectivity index (χ3v) is 2.49. The fourth-order valence-corrected chi connectivity index (χ4v) is 1.44. The number of carbonyl (C=O) groups excluding carboxylic acids is 1. The van der Waals surface area contributed by atoms with Crippen LogP contribution in [0, 0.1) is 18.6 Å². The molecule has 0 aliphatic carbocycles. The Kier molecular flexibility index (Phi) is 4.72. The van der Waals surface area contributed by atoms with Crippen molar-refractivity contribution in [3.63, 3.8) is 0 Å². The molecule has 0 heterocycles. The number of esters is 1. The Morgan fingerprint density at radius 2 is 2.00 bits per heavy atom. The Morgan fingerprint density at radius 1 is 1.39 bits per heavy atom. The predicted molar refractivity (Wildman–Crippen MR) is 59.6 cm³/mol. The topological polar surface area (TPSA) is 52.3 Å². The van der Waals surface area contributed by atoms with E-state index in [1.165, 1.54) is 19.9 Å². The summed E-state index contributed by atoms with van der Waals surface area (Å²) >= 11 is 0. The zero-order valence-electron chi connectivity index (χ0n) is 10.0. The van der Waals surface area contributed by atoms with Crippen molar-refractivity contribution in [1.82, 2.24) is 0 Å². The maximum Gasteiger partial charge on any atom is 0.342 e. The van der Waals surface area contributed by atoms with E-state index >= 15 is 0 Å². The number of benzene rings is 1. The van der Waals surface area contributed by atoms with Crippen LogP contribution in [-0.2, 0) is 9.53 Å². The average molecular weight is 261 g/mol. The monoisotopic (exact) mass is 261 g/mol. The van der Waals surface area contributed by atoms with E-state index in [1.807, 2.05) is 0 Å². The summed E-state index contributed by atoms with van der Waals surface area (Å²) in [6.07, 6.45) is -2.23. The number of halogens is 3. The average Bonchev–Trinajstić information content (AvgIpc) is 2.35. The molecule has 0 spiro atoms. The van der Waals surface area contributed by atoms with Gasteiger partial charge in [-0.1, -0.05) is 12.1 Å². The standard InChI is InChI=1S/C12H14F3NO2/c1-3-18-12(17)10(15)11(16)7-5-4-6(2)8(13)9(7)14/h4-5,10-11H,3,16H2,1-2H3/t10?,11-/m1/s1. The van der Waals surface area contributed by atoms with Crippen LogP contribution < -0.4 is 5.73 Å². The molecule has 1 aromatic rings. The van der Waals surface area contributed by atoms with Crippen molar-refractivity contribution in [3.05, 3.63) is 34.9 Å². The predicted octanol–water partition coefficient (Wildman–Crippen LogP) is 2.17. The van der Waals surface area contributed by atoms with Crippen LogP contribution in [0.5, 0.6) is 0 Å². The van der Waals surface area contributed by atoms with Gasteiger partial charge in [0.15, 0.2) is 11.6 Å². The molecular formula is C12H14F3NO2. The third-order valence-electron chi connectivity index (χ3n) is 2.49. The summed E-state index contributed by atoms with van der Waals surface area (Å²) in [7, 11) is 0. The van der Waals surface area contributed by atoms with Gasteiger partial charge in [-0.2, -0.15) is 0 Å². The van der Waals surface area contributed by atoms with E-state index in [-0.39, 0.29) is 12.2 Å². The van der Waals surface area contributed by atoms with Gasteiger partial charge in [0, 0.05) is 5.56 Å². The molecule has 0 saturated heterocycles. The number of alkyl halides is 1. The molecule has 0 radical (unpaired) electrons. The van der Waals surface area contributed by atoms with Crippen LogP contribution >= 0.6 is 0 Å². The highest BCUT2D eigenvalue weighted by atomic mass is 19.2. The molecule has 0 fully saturated rings. The van der Waals surface area contributed by atoms with Crippen LogP contribution in [0.2, 0.25) is 0 Å². The van der Waals surface area contributed by atoms with Gasteiger partial charge >= 0.3 is 5.97 Å². The lowest BCUT2D eigenvalue weighted by molar-refractivity contribution is -0.149. The summed E-state index contributed by atoms with van der Waals surface area (Å²) in [5, 5.41) is 0. The Balaban J connectivity index is 3.00. The summed E-state index contributed by atoms with van der Waals surface area (Å²) in [5.41, 5.74) is 5.10. The minimum absolute atomic E-state index is 0.0171. The van der Waals surface area contributed by atoms with Gasteiger partial charge in [-0.15, -0.1) is 0 Å². The molecule has 100 valence electrons. The lowest BCUT2D eigenvalue weighted by Gasteiger charge is -2.17. The van der Waals surface area contributed by atoms with Crippen LogP contribution in [0.25, 0.3) is 0 Å². The molecule has 6 heteroatoms. The van der Waals surface area contributed by atoms with Gasteiger partial charge in [-0.3, -0.25) is 0 Å². The van der Waals surface area contributed by atoms with Crippen molar-refractivity contribution >= 4 is 5.97 Å². The second-order valence-corrected chi connectivity index (χ2v) is 3.78. The Hall–Kier alpha value is -1.56. The third kappa shape index (κ3) is 2.81. The minimum Gasteiger partial charge on any atom is -0.464 e. The van der Waals surface area contributed by atoms with Crippen molar-refractivity contribution in [2.45, 2.75) is 26.1 Å². The highest BCUT2D eigenvalue weighted by Gasteiger charge is 2.30. The van der Waals surface area contributed by atoms with E-state index in [4.69, 9.17) is 5.73 Å². The normalized spacial score (nSPS) is 14.1. The van der Waals surface area contributed by atoms with Crippen LogP contribution in [-0.4, -0.2) is 18.7 Å². The van der Waals surface area contributed by atoms with E-state index in [0.717, 1.165) is 6.07 Å². The number of nitrogens with two attached hydrogens (primary N) is 1. The number of hydrogen-bond acceptors (Lipinski definition) is 3. The van der Waals surface area contributed by atoms with Crippen molar-refractivity contribution in [2.75, 3.05) is 6.61 Å². The molecule has 0 aromatic heterocycles.